The van der Waals surface area contributed by atoms with Crippen LogP contribution in [0, 0.1) is 0 Å². The van der Waals surface area contributed by atoms with E-state index in [1.807, 2.05) is 17.5 Å². The number of hydrogen-bond acceptors (Lipinski definition) is 5. The summed E-state index contributed by atoms with van der Waals surface area (Å²) in [7, 11) is 0. The van der Waals surface area contributed by atoms with Crippen molar-refractivity contribution in [1.29, 1.82) is 0 Å². The van der Waals surface area contributed by atoms with Gasteiger partial charge in [-0.25, -0.2) is 4.79 Å². The van der Waals surface area contributed by atoms with Gasteiger partial charge >= 0.3 is 5.97 Å². The van der Waals surface area contributed by atoms with Crippen LogP contribution in [-0.2, 0) is 9.53 Å². The first-order valence-corrected chi connectivity index (χ1v) is 7.85. The number of benzene rings is 1. The molecule has 0 aliphatic carbocycles. The molecule has 1 heterocycles. The second-order valence-electron chi connectivity index (χ2n) is 5.18. The van der Waals surface area contributed by atoms with Crippen LogP contribution >= 0.6 is 11.3 Å². The highest BCUT2D eigenvalue weighted by Gasteiger charge is 2.32. The minimum atomic E-state index is -1.11. The van der Waals surface area contributed by atoms with E-state index in [2.05, 4.69) is 0 Å². The molecule has 1 aromatic heterocycles. The third-order valence-electron chi connectivity index (χ3n) is 3.06. The molecule has 1 aromatic carbocycles. The Kier molecular flexibility index (Phi) is 4.98. The second kappa shape index (κ2) is 6.75. The average molecular weight is 318 g/mol. The lowest BCUT2D eigenvalue weighted by Crippen LogP contribution is -2.39. The predicted octanol–water partition coefficient (Wildman–Crippen LogP) is 3.95. The van der Waals surface area contributed by atoms with Crippen molar-refractivity contribution >= 4 is 23.6 Å². The van der Waals surface area contributed by atoms with Gasteiger partial charge in [-0.3, -0.25) is 4.79 Å². The molecule has 0 bridgehead atoms. The lowest BCUT2D eigenvalue weighted by Gasteiger charge is -2.25. The van der Waals surface area contributed by atoms with Crippen LogP contribution in [0.5, 0.6) is 5.75 Å². The molecule has 0 N–H and O–H groups in total. The number of esters is 1. The summed E-state index contributed by atoms with van der Waals surface area (Å²) in [6.07, 6.45) is 0.789. The molecular weight excluding hydrogens is 300 g/mol. The molecule has 2 rings (SSSR count). The fourth-order valence-electron chi connectivity index (χ4n) is 1.96. The summed E-state index contributed by atoms with van der Waals surface area (Å²) < 4.78 is 10.9. The van der Waals surface area contributed by atoms with Gasteiger partial charge in [0.15, 0.2) is 5.60 Å². The van der Waals surface area contributed by atoms with E-state index in [9.17, 15) is 9.59 Å². The third kappa shape index (κ3) is 3.54. The molecule has 116 valence electrons. The van der Waals surface area contributed by atoms with Crippen LogP contribution in [0.4, 0.5) is 0 Å². The lowest BCUT2D eigenvalue weighted by atomic mass is 10.1. The monoisotopic (exact) mass is 318 g/mol. The number of hydrogen-bond donors (Lipinski definition) is 0. The Hall–Kier alpha value is -2.14. The summed E-state index contributed by atoms with van der Waals surface area (Å²) in [5.41, 5.74) is 0.242. The maximum atomic E-state index is 12.0. The first-order valence-electron chi connectivity index (χ1n) is 6.97. The summed E-state index contributed by atoms with van der Waals surface area (Å²) in [6.45, 7) is 5.38. The van der Waals surface area contributed by atoms with Gasteiger partial charge in [-0.05, 0) is 50.4 Å². The largest absolute Gasteiger partial charge is 0.475 e. The van der Waals surface area contributed by atoms with Gasteiger partial charge in [-0.2, -0.15) is 0 Å². The topological polar surface area (TPSA) is 52.6 Å². The number of rotatable bonds is 6. The van der Waals surface area contributed by atoms with E-state index in [0.29, 0.717) is 17.9 Å². The Bertz CT molecular complexity index is 659. The predicted molar refractivity (Wildman–Crippen MR) is 86.5 cm³/mol. The van der Waals surface area contributed by atoms with Crippen LogP contribution in [0.3, 0.4) is 0 Å². The van der Waals surface area contributed by atoms with E-state index in [1.54, 1.807) is 50.3 Å². The van der Waals surface area contributed by atoms with E-state index in [-0.39, 0.29) is 0 Å². The van der Waals surface area contributed by atoms with Gasteiger partial charge in [0.25, 0.3) is 0 Å². The second-order valence-corrected chi connectivity index (χ2v) is 6.13. The van der Waals surface area contributed by atoms with Crippen molar-refractivity contribution in [3.63, 3.8) is 0 Å². The SMILES string of the molecule is CCOC(=O)C(C)(C)Oc1ccc(C=O)cc1-c1cccs1. The number of ether oxygens (including phenoxy) is 2. The van der Waals surface area contributed by atoms with Gasteiger partial charge in [0.2, 0.25) is 0 Å². The van der Waals surface area contributed by atoms with Crippen LogP contribution in [-0.4, -0.2) is 24.5 Å². The minimum Gasteiger partial charge on any atom is -0.475 e. The quantitative estimate of drug-likeness (QED) is 0.598. The maximum Gasteiger partial charge on any atom is 0.349 e. The van der Waals surface area contributed by atoms with E-state index in [1.165, 1.54) is 0 Å². The van der Waals surface area contributed by atoms with Crippen LogP contribution < -0.4 is 4.74 Å². The minimum absolute atomic E-state index is 0.299. The molecule has 0 saturated carbocycles. The van der Waals surface area contributed by atoms with Crippen molar-refractivity contribution in [2.24, 2.45) is 0 Å². The van der Waals surface area contributed by atoms with Crippen LogP contribution in [0.2, 0.25) is 0 Å². The number of aldehydes is 1. The highest BCUT2D eigenvalue weighted by atomic mass is 32.1. The Labute approximate surface area is 133 Å². The molecule has 0 atom stereocenters. The van der Waals surface area contributed by atoms with Crippen LogP contribution in [0.15, 0.2) is 35.7 Å². The van der Waals surface area contributed by atoms with Crippen molar-refractivity contribution in [2.75, 3.05) is 6.61 Å². The van der Waals surface area contributed by atoms with Crippen molar-refractivity contribution < 1.29 is 19.1 Å². The first kappa shape index (κ1) is 16.2. The van der Waals surface area contributed by atoms with Gasteiger partial charge in [-0.1, -0.05) is 6.07 Å². The summed E-state index contributed by atoms with van der Waals surface area (Å²) in [4.78, 5) is 24.0. The zero-order valence-electron chi connectivity index (χ0n) is 12.8. The molecule has 4 nitrogen and oxygen atoms in total. The summed E-state index contributed by atoms with van der Waals surface area (Å²) >= 11 is 1.54. The molecule has 0 radical (unpaired) electrons. The van der Waals surface area contributed by atoms with Crippen molar-refractivity contribution in [1.82, 2.24) is 0 Å². The maximum absolute atomic E-state index is 12.0. The Morgan fingerprint density at radius 3 is 2.68 bits per heavy atom. The Balaban J connectivity index is 2.39. The van der Waals surface area contributed by atoms with Gasteiger partial charge in [0.05, 0.1) is 6.61 Å². The number of carbonyl (C=O) groups is 2. The lowest BCUT2D eigenvalue weighted by molar-refractivity contribution is -0.158. The molecule has 5 heteroatoms. The molecule has 0 aliphatic heterocycles. The zero-order chi connectivity index (χ0) is 16.2. The molecule has 22 heavy (non-hydrogen) atoms. The molecular formula is C17H18O4S. The van der Waals surface area contributed by atoms with Crippen molar-refractivity contribution in [2.45, 2.75) is 26.4 Å². The van der Waals surface area contributed by atoms with E-state index in [4.69, 9.17) is 9.47 Å². The van der Waals surface area contributed by atoms with E-state index >= 15 is 0 Å². The summed E-state index contributed by atoms with van der Waals surface area (Å²) in [5, 5.41) is 1.95. The average Bonchev–Trinajstić information content (AvgIpc) is 3.01. The van der Waals surface area contributed by atoms with E-state index < -0.39 is 11.6 Å². The van der Waals surface area contributed by atoms with Crippen molar-refractivity contribution in [3.05, 3.63) is 41.3 Å². The molecule has 0 saturated heterocycles. The fourth-order valence-corrected chi connectivity index (χ4v) is 2.70. The normalized spacial score (nSPS) is 11.0. The molecule has 0 spiro atoms. The Morgan fingerprint density at radius 1 is 1.32 bits per heavy atom. The summed E-state index contributed by atoms with van der Waals surface area (Å²) in [5.74, 6) is 0.123. The molecule has 2 aromatic rings. The standard InChI is InChI=1S/C17H18O4S/c1-4-20-16(19)17(2,3)21-14-8-7-12(11-18)10-13(14)15-6-5-9-22-15/h5-11H,4H2,1-3H3. The van der Waals surface area contributed by atoms with Crippen LogP contribution in [0.1, 0.15) is 31.1 Å². The number of carbonyl (C=O) groups excluding carboxylic acids is 2. The molecule has 0 unspecified atom stereocenters. The van der Waals surface area contributed by atoms with Crippen molar-refractivity contribution in [3.8, 4) is 16.2 Å². The van der Waals surface area contributed by atoms with Crippen LogP contribution in [0.25, 0.3) is 10.4 Å². The zero-order valence-corrected chi connectivity index (χ0v) is 13.6. The first-order chi connectivity index (χ1) is 10.5. The van der Waals surface area contributed by atoms with E-state index in [0.717, 1.165) is 16.7 Å². The van der Waals surface area contributed by atoms with Gasteiger partial charge < -0.3 is 9.47 Å². The smallest absolute Gasteiger partial charge is 0.349 e. The summed E-state index contributed by atoms with van der Waals surface area (Å²) in [6, 6.07) is 9.00. The van der Waals surface area contributed by atoms with Gasteiger partial charge in [0.1, 0.15) is 12.0 Å². The third-order valence-corrected chi connectivity index (χ3v) is 3.96. The highest BCUT2D eigenvalue weighted by Crippen LogP contribution is 2.36. The Morgan fingerprint density at radius 2 is 2.09 bits per heavy atom. The number of thiophene rings is 1. The molecule has 0 amide bonds. The highest BCUT2D eigenvalue weighted by molar-refractivity contribution is 7.13. The molecule has 0 aliphatic rings. The molecule has 0 fully saturated rings. The van der Waals surface area contributed by atoms with Gasteiger partial charge in [0, 0.05) is 16.0 Å². The van der Waals surface area contributed by atoms with Gasteiger partial charge in [-0.15, -0.1) is 11.3 Å². The fraction of sp³-hybridized carbons (Fsp3) is 0.294.